The van der Waals surface area contributed by atoms with Gasteiger partial charge in [0.05, 0.1) is 0 Å². The van der Waals surface area contributed by atoms with Gasteiger partial charge < -0.3 is 4.89 Å². The lowest BCUT2D eigenvalue weighted by Gasteiger charge is -2.02. The van der Waals surface area contributed by atoms with Crippen molar-refractivity contribution in [1.82, 2.24) is 0 Å². The van der Waals surface area contributed by atoms with Crippen molar-refractivity contribution < 1.29 is 22.2 Å². The minimum absolute atomic E-state index is 0.167. The first kappa shape index (κ1) is 9.26. The van der Waals surface area contributed by atoms with Crippen LogP contribution in [0.4, 0.5) is 0 Å². The van der Waals surface area contributed by atoms with Gasteiger partial charge >= 0.3 is 19.0 Å². The lowest BCUT2D eigenvalue weighted by atomic mass is 11.0. The molecule has 2 unspecified atom stereocenters. The molecule has 0 rings (SSSR count). The molecule has 0 spiro atoms. The highest BCUT2D eigenvalue weighted by Gasteiger charge is 2.18. The van der Waals surface area contributed by atoms with Gasteiger partial charge in [0.2, 0.25) is 0 Å². The Morgan fingerprint density at radius 2 is 2.22 bits per heavy atom. The Labute approximate surface area is 55.1 Å². The second-order valence-electron chi connectivity index (χ2n) is 1.25. The summed E-state index contributed by atoms with van der Waals surface area (Å²) in [5.74, 6) is 0. The fourth-order valence-electron chi connectivity index (χ4n) is 0.152. The summed E-state index contributed by atoms with van der Waals surface area (Å²) in [5.41, 5.74) is 0. The van der Waals surface area contributed by atoms with Gasteiger partial charge in [-0.05, 0) is 0 Å². The Hall–Kier alpha value is 0.260. The van der Waals surface area contributed by atoms with E-state index in [0.717, 1.165) is 0 Å². The van der Waals surface area contributed by atoms with Gasteiger partial charge in [-0.1, -0.05) is 6.92 Å². The van der Waals surface area contributed by atoms with E-state index in [1.807, 2.05) is 0 Å². The predicted octanol–water partition coefficient (Wildman–Crippen LogP) is 0.345. The van der Waals surface area contributed by atoms with Gasteiger partial charge in [0, 0.05) is 6.16 Å². The standard InChI is InChI=1S/C2H7O5PS/c1-2-8(3,4)7-9(5)6/h2H2,1H3,(H,3,4)(H,5,6). The van der Waals surface area contributed by atoms with Crippen molar-refractivity contribution in [3.63, 3.8) is 0 Å². The summed E-state index contributed by atoms with van der Waals surface area (Å²) in [7, 11) is -3.78. The fourth-order valence-corrected chi connectivity index (χ4v) is 1.37. The van der Waals surface area contributed by atoms with E-state index >= 15 is 0 Å². The molecule has 0 heterocycles. The summed E-state index contributed by atoms with van der Waals surface area (Å²) in [6.45, 7) is 1.38. The molecule has 0 aliphatic carbocycles. The first-order valence-corrected chi connectivity index (χ1v) is 4.90. The van der Waals surface area contributed by atoms with Crippen LogP contribution in [0.2, 0.25) is 0 Å². The summed E-state index contributed by atoms with van der Waals surface area (Å²) in [5, 5.41) is 0. The van der Waals surface area contributed by atoms with Gasteiger partial charge in [0.25, 0.3) is 0 Å². The molecule has 0 amide bonds. The first-order valence-electron chi connectivity index (χ1n) is 2.10. The summed E-state index contributed by atoms with van der Waals surface area (Å²) in [6, 6.07) is 0. The van der Waals surface area contributed by atoms with E-state index in [1.165, 1.54) is 6.92 Å². The molecule has 0 saturated carbocycles. The van der Waals surface area contributed by atoms with Crippen LogP contribution in [0.3, 0.4) is 0 Å². The predicted molar refractivity (Wildman–Crippen MR) is 32.2 cm³/mol. The summed E-state index contributed by atoms with van der Waals surface area (Å²) in [4.78, 5) is 8.47. The highest BCUT2D eigenvalue weighted by Crippen LogP contribution is 2.41. The summed E-state index contributed by atoms with van der Waals surface area (Å²) < 4.78 is 31.8. The number of hydrogen-bond acceptors (Lipinski definition) is 3. The van der Waals surface area contributed by atoms with Gasteiger partial charge in [-0.25, -0.2) is 0 Å². The van der Waals surface area contributed by atoms with E-state index in [4.69, 9.17) is 9.45 Å². The minimum Gasteiger partial charge on any atom is -0.324 e. The quantitative estimate of drug-likeness (QED) is 0.476. The average Bonchev–Trinajstić information content (AvgIpc) is 1.63. The monoisotopic (exact) mass is 174 g/mol. The molecule has 0 radical (unpaired) electrons. The topological polar surface area (TPSA) is 83.8 Å². The van der Waals surface area contributed by atoms with Crippen molar-refractivity contribution in [3.05, 3.63) is 0 Å². The van der Waals surface area contributed by atoms with Crippen LogP contribution in [-0.2, 0) is 19.9 Å². The second-order valence-corrected chi connectivity index (χ2v) is 4.18. The van der Waals surface area contributed by atoms with Crippen molar-refractivity contribution in [2.24, 2.45) is 0 Å². The zero-order valence-corrected chi connectivity index (χ0v) is 6.39. The molecule has 2 N–H and O–H groups in total. The van der Waals surface area contributed by atoms with E-state index in [9.17, 15) is 8.77 Å². The van der Waals surface area contributed by atoms with Gasteiger partial charge in [-0.3, -0.25) is 9.12 Å². The maximum absolute atomic E-state index is 10.4. The van der Waals surface area contributed by atoms with Crippen molar-refractivity contribution in [1.29, 1.82) is 0 Å². The van der Waals surface area contributed by atoms with Crippen molar-refractivity contribution in [3.8, 4) is 0 Å². The molecule has 2 atom stereocenters. The summed E-state index contributed by atoms with van der Waals surface area (Å²) in [6.07, 6.45) is -0.167. The average molecular weight is 174 g/mol. The van der Waals surface area contributed by atoms with E-state index in [0.29, 0.717) is 0 Å². The Kier molecular flexibility index (Phi) is 3.53. The van der Waals surface area contributed by atoms with Crippen LogP contribution in [0.25, 0.3) is 0 Å². The SMILES string of the molecule is CCP(=O)(O)OS(=O)O. The molecule has 7 heteroatoms. The molecular formula is C2H7O5PS. The van der Waals surface area contributed by atoms with Crippen LogP contribution < -0.4 is 0 Å². The van der Waals surface area contributed by atoms with Crippen LogP contribution in [0, 0.1) is 0 Å². The Morgan fingerprint density at radius 3 is 2.33 bits per heavy atom. The zero-order chi connectivity index (χ0) is 7.49. The zero-order valence-electron chi connectivity index (χ0n) is 4.68. The Bertz CT molecular complexity index is 155. The molecule has 0 aliphatic heterocycles. The van der Waals surface area contributed by atoms with Crippen LogP contribution in [0.1, 0.15) is 6.92 Å². The Balaban J connectivity index is 3.88. The number of rotatable bonds is 3. The second kappa shape index (κ2) is 3.43. The van der Waals surface area contributed by atoms with E-state index < -0.39 is 19.0 Å². The van der Waals surface area contributed by atoms with E-state index in [-0.39, 0.29) is 6.16 Å². The first-order chi connectivity index (χ1) is 3.98. The van der Waals surface area contributed by atoms with Crippen molar-refractivity contribution in [2.75, 3.05) is 6.16 Å². The molecule has 5 nitrogen and oxygen atoms in total. The van der Waals surface area contributed by atoms with E-state index in [2.05, 4.69) is 3.97 Å². The smallest absolute Gasteiger partial charge is 0.324 e. The highest BCUT2D eigenvalue weighted by molar-refractivity contribution is 7.80. The minimum atomic E-state index is -3.78. The summed E-state index contributed by atoms with van der Waals surface area (Å²) >= 11 is -2.65. The molecule has 0 saturated heterocycles. The molecule has 0 aromatic heterocycles. The third-order valence-corrected chi connectivity index (χ3v) is 2.82. The van der Waals surface area contributed by atoms with E-state index in [1.54, 1.807) is 0 Å². The largest absolute Gasteiger partial charge is 0.342 e. The lowest BCUT2D eigenvalue weighted by molar-refractivity contribution is 0.370. The molecule has 0 aromatic carbocycles. The van der Waals surface area contributed by atoms with Gasteiger partial charge in [0.1, 0.15) is 0 Å². The molecule has 9 heavy (non-hydrogen) atoms. The van der Waals surface area contributed by atoms with Crippen LogP contribution in [-0.4, -0.2) is 19.8 Å². The van der Waals surface area contributed by atoms with Crippen LogP contribution >= 0.6 is 7.60 Å². The molecule has 0 aromatic rings. The molecular weight excluding hydrogens is 167 g/mol. The molecule has 0 aliphatic rings. The third kappa shape index (κ3) is 4.74. The molecule has 56 valence electrons. The number of hydrogen-bond donors (Lipinski definition) is 2. The normalized spacial score (nSPS) is 20.8. The third-order valence-electron chi connectivity index (χ3n) is 0.580. The molecule has 0 fully saturated rings. The van der Waals surface area contributed by atoms with Crippen molar-refractivity contribution >= 4 is 19.0 Å². The van der Waals surface area contributed by atoms with Gasteiger partial charge in [-0.2, -0.15) is 8.18 Å². The maximum atomic E-state index is 10.4. The van der Waals surface area contributed by atoms with Gasteiger partial charge in [-0.15, -0.1) is 0 Å². The lowest BCUT2D eigenvalue weighted by Crippen LogP contribution is -1.94. The van der Waals surface area contributed by atoms with Crippen LogP contribution in [0.15, 0.2) is 0 Å². The van der Waals surface area contributed by atoms with Crippen molar-refractivity contribution in [2.45, 2.75) is 6.92 Å². The fraction of sp³-hybridized carbons (Fsp3) is 1.00. The maximum Gasteiger partial charge on any atom is 0.342 e. The van der Waals surface area contributed by atoms with Crippen LogP contribution in [0.5, 0.6) is 0 Å². The molecule has 0 bridgehead atoms. The van der Waals surface area contributed by atoms with Gasteiger partial charge in [0.15, 0.2) is 0 Å². The Morgan fingerprint density at radius 1 is 1.78 bits per heavy atom. The highest BCUT2D eigenvalue weighted by atomic mass is 32.2.